The van der Waals surface area contributed by atoms with Crippen molar-refractivity contribution in [1.82, 2.24) is 20.5 Å². The van der Waals surface area contributed by atoms with Crippen LogP contribution in [-0.4, -0.2) is 58.1 Å². The van der Waals surface area contributed by atoms with Crippen molar-refractivity contribution < 1.29 is 19.5 Å². The van der Waals surface area contributed by atoms with E-state index in [1.54, 1.807) is 12.4 Å². The Balaban J connectivity index is 1.61. The maximum absolute atomic E-state index is 12.3. The van der Waals surface area contributed by atoms with E-state index < -0.39 is 11.9 Å². The monoisotopic (exact) mass is 332 g/mol. The van der Waals surface area contributed by atoms with E-state index in [9.17, 15) is 19.5 Å². The van der Waals surface area contributed by atoms with Crippen LogP contribution in [0.2, 0.25) is 0 Å². The van der Waals surface area contributed by atoms with E-state index in [1.165, 1.54) is 0 Å². The van der Waals surface area contributed by atoms with Crippen LogP contribution in [0.5, 0.6) is 0 Å². The van der Waals surface area contributed by atoms with Gasteiger partial charge in [-0.25, -0.2) is 4.79 Å². The third-order valence-corrected chi connectivity index (χ3v) is 4.51. The lowest BCUT2D eigenvalue weighted by atomic mass is 9.75. The predicted octanol–water partition coefficient (Wildman–Crippen LogP) is -0.568. The van der Waals surface area contributed by atoms with E-state index in [1.807, 2.05) is 12.1 Å². The largest absolute Gasteiger partial charge is 0.393 e. The molecule has 0 bridgehead atoms. The average Bonchev–Trinajstić information content (AvgIpc) is 2.84. The first-order valence-corrected chi connectivity index (χ1v) is 7.97. The fraction of sp³-hybridized carbons (Fsp3) is 0.500. The van der Waals surface area contributed by atoms with Gasteiger partial charge in [0.25, 0.3) is 5.91 Å². The third kappa shape index (κ3) is 3.70. The van der Waals surface area contributed by atoms with Gasteiger partial charge in [-0.1, -0.05) is 0 Å². The first-order valence-electron chi connectivity index (χ1n) is 7.97. The van der Waals surface area contributed by atoms with Crippen LogP contribution in [0.1, 0.15) is 18.4 Å². The smallest absolute Gasteiger partial charge is 0.325 e. The summed E-state index contributed by atoms with van der Waals surface area (Å²) < 4.78 is 0. The summed E-state index contributed by atoms with van der Waals surface area (Å²) in [4.78, 5) is 40.2. The summed E-state index contributed by atoms with van der Waals surface area (Å²) in [7, 11) is 0. The first kappa shape index (κ1) is 16.4. The fourth-order valence-electron chi connectivity index (χ4n) is 3.08. The van der Waals surface area contributed by atoms with Gasteiger partial charge in [-0.05, 0) is 42.9 Å². The zero-order valence-corrected chi connectivity index (χ0v) is 13.1. The number of nitrogens with one attached hydrogen (secondary N) is 2. The SMILES string of the molecule is O=C(CN1C(=O)CNC1=O)N[C@H](Cc1ccncc1)C1CC(O)C1. The number of hydrogen-bond donors (Lipinski definition) is 3. The van der Waals surface area contributed by atoms with E-state index in [4.69, 9.17) is 0 Å². The average molecular weight is 332 g/mol. The Morgan fingerprint density at radius 1 is 1.38 bits per heavy atom. The summed E-state index contributed by atoms with van der Waals surface area (Å²) in [5, 5.41) is 14.8. The van der Waals surface area contributed by atoms with E-state index in [0.717, 1.165) is 10.5 Å². The minimum Gasteiger partial charge on any atom is -0.393 e. The Morgan fingerprint density at radius 3 is 2.67 bits per heavy atom. The number of aliphatic hydroxyl groups excluding tert-OH is 1. The van der Waals surface area contributed by atoms with Crippen LogP contribution < -0.4 is 10.6 Å². The summed E-state index contributed by atoms with van der Waals surface area (Å²) in [6, 6.07) is 3.07. The second-order valence-corrected chi connectivity index (χ2v) is 6.26. The maximum atomic E-state index is 12.3. The minimum absolute atomic E-state index is 0.0681. The lowest BCUT2D eigenvalue weighted by molar-refractivity contribution is -0.131. The van der Waals surface area contributed by atoms with E-state index >= 15 is 0 Å². The molecule has 24 heavy (non-hydrogen) atoms. The minimum atomic E-state index is -0.542. The van der Waals surface area contributed by atoms with Gasteiger partial charge in [0.1, 0.15) is 6.54 Å². The number of aromatic nitrogens is 1. The first-order chi connectivity index (χ1) is 11.5. The maximum Gasteiger partial charge on any atom is 0.325 e. The van der Waals surface area contributed by atoms with Gasteiger partial charge >= 0.3 is 6.03 Å². The second-order valence-electron chi connectivity index (χ2n) is 6.26. The molecule has 8 heteroatoms. The van der Waals surface area contributed by atoms with Crippen LogP contribution in [0.25, 0.3) is 0 Å². The molecule has 0 aromatic carbocycles. The molecule has 0 spiro atoms. The molecule has 1 aliphatic heterocycles. The van der Waals surface area contributed by atoms with Crippen LogP contribution in [0.15, 0.2) is 24.5 Å². The molecular formula is C16H20N4O4. The van der Waals surface area contributed by atoms with Gasteiger partial charge in [0, 0.05) is 18.4 Å². The van der Waals surface area contributed by atoms with Gasteiger partial charge in [0.05, 0.1) is 12.6 Å². The van der Waals surface area contributed by atoms with Gasteiger partial charge in [-0.2, -0.15) is 0 Å². The fourth-order valence-corrected chi connectivity index (χ4v) is 3.08. The molecule has 0 radical (unpaired) electrons. The number of amides is 4. The van der Waals surface area contributed by atoms with Gasteiger partial charge in [0.15, 0.2) is 0 Å². The zero-order valence-electron chi connectivity index (χ0n) is 13.1. The summed E-state index contributed by atoms with van der Waals surface area (Å²) in [6.45, 7) is -0.353. The van der Waals surface area contributed by atoms with Gasteiger partial charge in [-0.3, -0.25) is 19.5 Å². The number of carbonyl (C=O) groups is 3. The van der Waals surface area contributed by atoms with Crippen LogP contribution in [0, 0.1) is 5.92 Å². The molecule has 8 nitrogen and oxygen atoms in total. The number of pyridine rings is 1. The van der Waals surface area contributed by atoms with E-state index in [2.05, 4.69) is 15.6 Å². The highest BCUT2D eigenvalue weighted by Gasteiger charge is 2.36. The number of carbonyl (C=O) groups excluding carboxylic acids is 3. The molecule has 128 valence electrons. The molecule has 1 atom stereocenters. The Labute approximate surface area is 139 Å². The zero-order chi connectivity index (χ0) is 17.1. The number of rotatable bonds is 6. The topological polar surface area (TPSA) is 112 Å². The van der Waals surface area contributed by atoms with E-state index in [-0.39, 0.29) is 37.1 Å². The van der Waals surface area contributed by atoms with Crippen molar-refractivity contribution >= 4 is 17.8 Å². The molecular weight excluding hydrogens is 312 g/mol. The van der Waals surface area contributed by atoms with Crippen LogP contribution in [0.4, 0.5) is 4.79 Å². The van der Waals surface area contributed by atoms with Crippen molar-refractivity contribution in [2.75, 3.05) is 13.1 Å². The molecule has 3 N–H and O–H groups in total. The number of hydrogen-bond acceptors (Lipinski definition) is 5. The van der Waals surface area contributed by atoms with Gasteiger partial charge in [-0.15, -0.1) is 0 Å². The molecule has 2 aliphatic rings. The van der Waals surface area contributed by atoms with Crippen molar-refractivity contribution in [3.8, 4) is 0 Å². The molecule has 2 fully saturated rings. The van der Waals surface area contributed by atoms with Crippen molar-refractivity contribution in [1.29, 1.82) is 0 Å². The van der Waals surface area contributed by atoms with Crippen LogP contribution >= 0.6 is 0 Å². The Morgan fingerprint density at radius 2 is 2.08 bits per heavy atom. The Kier molecular flexibility index (Phi) is 4.75. The van der Waals surface area contributed by atoms with Crippen molar-refractivity contribution in [3.63, 3.8) is 0 Å². The van der Waals surface area contributed by atoms with Crippen molar-refractivity contribution in [2.45, 2.75) is 31.4 Å². The summed E-state index contributed by atoms with van der Waals surface area (Å²) in [5.41, 5.74) is 1.03. The Hall–Kier alpha value is -2.48. The summed E-state index contributed by atoms with van der Waals surface area (Å²) >= 11 is 0. The molecule has 2 heterocycles. The molecule has 1 aromatic heterocycles. The van der Waals surface area contributed by atoms with Crippen molar-refractivity contribution in [3.05, 3.63) is 30.1 Å². The van der Waals surface area contributed by atoms with E-state index in [0.29, 0.717) is 19.3 Å². The van der Waals surface area contributed by atoms with Crippen molar-refractivity contribution in [2.24, 2.45) is 5.92 Å². The summed E-state index contributed by atoms with van der Waals surface area (Å²) in [6.07, 6.45) is 4.95. The summed E-state index contributed by atoms with van der Waals surface area (Å²) in [5.74, 6) is -0.596. The standard InChI is InChI=1S/C16H20N4O4/c21-12-6-11(7-12)13(5-10-1-3-17-4-2-10)19-14(22)9-20-15(23)8-18-16(20)24/h1-4,11-13,21H,5-9H2,(H,18,24)(H,19,22)/t11?,12?,13-/m1/s1. The highest BCUT2D eigenvalue weighted by Crippen LogP contribution is 2.31. The quantitative estimate of drug-likeness (QED) is 0.604. The lowest BCUT2D eigenvalue weighted by Crippen LogP contribution is -2.51. The van der Waals surface area contributed by atoms with Crippen LogP contribution in [0.3, 0.4) is 0 Å². The molecule has 1 saturated carbocycles. The highest BCUT2D eigenvalue weighted by molar-refractivity contribution is 6.04. The second kappa shape index (κ2) is 6.96. The number of nitrogens with zero attached hydrogens (tertiary/aromatic N) is 2. The molecule has 1 aromatic rings. The third-order valence-electron chi connectivity index (χ3n) is 4.51. The van der Waals surface area contributed by atoms with Gasteiger partial charge < -0.3 is 15.7 Å². The number of urea groups is 1. The molecule has 0 unspecified atom stereocenters. The predicted molar refractivity (Wildman–Crippen MR) is 83.7 cm³/mol. The molecule has 1 saturated heterocycles. The number of aliphatic hydroxyl groups is 1. The normalized spacial score (nSPS) is 24.3. The Bertz CT molecular complexity index is 614. The lowest BCUT2D eigenvalue weighted by Gasteiger charge is -2.38. The molecule has 1 aliphatic carbocycles. The number of imide groups is 1. The van der Waals surface area contributed by atoms with Crippen LogP contribution in [-0.2, 0) is 16.0 Å². The van der Waals surface area contributed by atoms with Gasteiger partial charge in [0.2, 0.25) is 5.91 Å². The highest BCUT2D eigenvalue weighted by atomic mass is 16.3. The molecule has 3 rings (SSSR count). The molecule has 4 amide bonds.